The van der Waals surface area contributed by atoms with Gasteiger partial charge < -0.3 is 14.4 Å². The number of benzene rings is 1. The Balaban J connectivity index is 2.20. The highest BCUT2D eigenvalue weighted by molar-refractivity contribution is 5.88. The summed E-state index contributed by atoms with van der Waals surface area (Å²) < 4.78 is 10.5. The largest absolute Gasteiger partial charge is 0.485 e. The number of hydrogen-bond donors (Lipinski definition) is 1. The first-order chi connectivity index (χ1) is 8.58. The molecule has 0 radical (unpaired) electrons. The van der Waals surface area contributed by atoms with E-state index in [4.69, 9.17) is 14.4 Å². The Morgan fingerprint density at radius 1 is 1.39 bits per heavy atom. The number of aromatic nitrogens is 1. The number of carboxylic acid groups (broad SMARTS) is 1. The lowest BCUT2D eigenvalue weighted by Crippen LogP contribution is -2.02. The minimum Gasteiger partial charge on any atom is -0.485 e. The second kappa shape index (κ2) is 4.91. The van der Waals surface area contributed by atoms with Gasteiger partial charge in [0.05, 0.1) is 11.8 Å². The molecule has 0 bridgehead atoms. The zero-order valence-corrected chi connectivity index (χ0v) is 10.1. The first-order valence-corrected chi connectivity index (χ1v) is 5.45. The van der Waals surface area contributed by atoms with Gasteiger partial charge in [0.2, 0.25) is 0 Å². The van der Waals surface area contributed by atoms with Crippen molar-refractivity contribution in [3.8, 4) is 5.75 Å². The van der Waals surface area contributed by atoms with Crippen molar-refractivity contribution in [2.45, 2.75) is 20.5 Å². The first kappa shape index (κ1) is 12.2. The molecule has 0 spiro atoms. The van der Waals surface area contributed by atoms with Crippen LogP contribution >= 0.6 is 0 Å². The molecule has 1 N–H and O–H groups in total. The summed E-state index contributed by atoms with van der Waals surface area (Å²) in [5.74, 6) is 0.357. The van der Waals surface area contributed by atoms with Crippen LogP contribution in [0.2, 0.25) is 0 Å². The molecule has 0 saturated heterocycles. The van der Waals surface area contributed by atoms with Crippen LogP contribution in [0.1, 0.15) is 27.2 Å². The number of nitrogens with zero attached hydrogens (tertiary/aromatic N) is 1. The van der Waals surface area contributed by atoms with Crippen molar-refractivity contribution in [3.05, 3.63) is 46.8 Å². The van der Waals surface area contributed by atoms with Crippen LogP contribution in [0.5, 0.6) is 5.75 Å². The molecular weight excluding hydrogens is 234 g/mol. The highest BCUT2D eigenvalue weighted by Crippen LogP contribution is 2.25. The molecule has 0 unspecified atom stereocenters. The van der Waals surface area contributed by atoms with Gasteiger partial charge in [-0.05, 0) is 37.1 Å². The Kier molecular flexibility index (Phi) is 3.32. The van der Waals surface area contributed by atoms with Crippen LogP contribution in [-0.4, -0.2) is 16.2 Å². The molecule has 0 amide bonds. The molecule has 0 fully saturated rings. The van der Waals surface area contributed by atoms with E-state index < -0.39 is 5.97 Å². The lowest BCUT2D eigenvalue weighted by molar-refractivity contribution is 0.0696. The average Bonchev–Trinajstić information content (AvgIpc) is 2.80. The van der Waals surface area contributed by atoms with Crippen LogP contribution < -0.4 is 4.74 Å². The predicted octanol–water partition coefficient (Wildman–Crippen LogP) is 2.57. The zero-order valence-electron chi connectivity index (χ0n) is 10.1. The van der Waals surface area contributed by atoms with Crippen molar-refractivity contribution in [1.29, 1.82) is 0 Å². The van der Waals surface area contributed by atoms with Crippen LogP contribution in [-0.2, 0) is 6.61 Å². The Hall–Kier alpha value is -2.30. The van der Waals surface area contributed by atoms with E-state index in [2.05, 4.69) is 5.16 Å². The quantitative estimate of drug-likeness (QED) is 0.898. The highest BCUT2D eigenvalue weighted by Gasteiger charge is 2.11. The molecule has 0 saturated carbocycles. The van der Waals surface area contributed by atoms with Crippen molar-refractivity contribution in [2.24, 2.45) is 0 Å². The third-order valence-corrected chi connectivity index (χ3v) is 2.56. The highest BCUT2D eigenvalue weighted by atomic mass is 16.5. The molecule has 1 aromatic heterocycles. The van der Waals surface area contributed by atoms with Gasteiger partial charge in [-0.3, -0.25) is 0 Å². The molecule has 5 nitrogen and oxygen atoms in total. The topological polar surface area (TPSA) is 72.6 Å². The third-order valence-electron chi connectivity index (χ3n) is 2.56. The second-order valence-electron chi connectivity index (χ2n) is 4.01. The van der Waals surface area contributed by atoms with E-state index in [9.17, 15) is 4.79 Å². The van der Waals surface area contributed by atoms with E-state index in [-0.39, 0.29) is 12.2 Å². The molecule has 2 rings (SSSR count). The van der Waals surface area contributed by atoms with Gasteiger partial charge in [0.15, 0.2) is 5.76 Å². The van der Waals surface area contributed by atoms with Gasteiger partial charge in [-0.1, -0.05) is 5.16 Å². The monoisotopic (exact) mass is 247 g/mol. The average molecular weight is 247 g/mol. The van der Waals surface area contributed by atoms with E-state index in [0.29, 0.717) is 11.5 Å². The number of carboxylic acids is 1. The lowest BCUT2D eigenvalue weighted by Gasteiger charge is -2.11. The molecule has 0 atom stereocenters. The first-order valence-electron chi connectivity index (χ1n) is 5.45. The number of carbonyl (C=O) groups is 1. The third kappa shape index (κ3) is 2.51. The van der Waals surface area contributed by atoms with E-state index in [1.165, 1.54) is 0 Å². The molecule has 0 aliphatic rings. The van der Waals surface area contributed by atoms with Crippen molar-refractivity contribution in [1.82, 2.24) is 5.16 Å². The zero-order chi connectivity index (χ0) is 13.1. The summed E-state index contributed by atoms with van der Waals surface area (Å²) >= 11 is 0. The minimum absolute atomic E-state index is 0.261. The number of aromatic carboxylic acids is 1. The van der Waals surface area contributed by atoms with E-state index in [1.807, 2.05) is 13.8 Å². The SMILES string of the molecule is Cc1cc(C(=O)O)cc(C)c1OCc1ccno1. The van der Waals surface area contributed by atoms with Gasteiger partial charge in [-0.25, -0.2) is 4.79 Å². The molecule has 2 aromatic rings. The van der Waals surface area contributed by atoms with Crippen LogP contribution in [0.3, 0.4) is 0 Å². The summed E-state index contributed by atoms with van der Waals surface area (Å²) in [6, 6.07) is 4.90. The Bertz CT molecular complexity index is 537. The van der Waals surface area contributed by atoms with Gasteiger partial charge in [0.25, 0.3) is 0 Å². The van der Waals surface area contributed by atoms with E-state index >= 15 is 0 Å². The minimum atomic E-state index is -0.942. The fraction of sp³-hybridized carbons (Fsp3) is 0.231. The van der Waals surface area contributed by atoms with Crippen molar-refractivity contribution >= 4 is 5.97 Å². The molecular formula is C13H13NO4. The lowest BCUT2D eigenvalue weighted by atomic mass is 10.1. The van der Waals surface area contributed by atoms with Gasteiger partial charge in [0.1, 0.15) is 12.4 Å². The Morgan fingerprint density at radius 3 is 2.56 bits per heavy atom. The van der Waals surface area contributed by atoms with Gasteiger partial charge >= 0.3 is 5.97 Å². The van der Waals surface area contributed by atoms with Crippen molar-refractivity contribution in [3.63, 3.8) is 0 Å². The second-order valence-corrected chi connectivity index (χ2v) is 4.01. The molecule has 5 heteroatoms. The van der Waals surface area contributed by atoms with E-state index in [1.54, 1.807) is 24.4 Å². The maximum Gasteiger partial charge on any atom is 0.335 e. The molecule has 0 aliphatic heterocycles. The summed E-state index contributed by atoms with van der Waals surface area (Å²) in [4.78, 5) is 10.9. The summed E-state index contributed by atoms with van der Waals surface area (Å²) in [5.41, 5.74) is 1.83. The summed E-state index contributed by atoms with van der Waals surface area (Å²) in [6.45, 7) is 3.90. The van der Waals surface area contributed by atoms with Gasteiger partial charge in [-0.2, -0.15) is 0 Å². The van der Waals surface area contributed by atoms with Crippen molar-refractivity contribution in [2.75, 3.05) is 0 Å². The standard InChI is InChI=1S/C13H13NO4/c1-8-5-10(13(15)16)6-9(2)12(8)17-7-11-3-4-14-18-11/h3-6H,7H2,1-2H3,(H,15,16). The molecule has 1 aromatic carbocycles. The molecule has 94 valence electrons. The number of rotatable bonds is 4. The van der Waals surface area contributed by atoms with E-state index in [0.717, 1.165) is 11.1 Å². The molecule has 18 heavy (non-hydrogen) atoms. The van der Waals surface area contributed by atoms with Gasteiger partial charge in [0, 0.05) is 6.07 Å². The van der Waals surface area contributed by atoms with Crippen LogP contribution in [0, 0.1) is 13.8 Å². The number of hydrogen-bond acceptors (Lipinski definition) is 4. The van der Waals surface area contributed by atoms with Crippen LogP contribution in [0.15, 0.2) is 28.9 Å². The predicted molar refractivity (Wildman–Crippen MR) is 63.7 cm³/mol. The summed E-state index contributed by atoms with van der Waals surface area (Å²) in [5, 5.41) is 12.5. The van der Waals surface area contributed by atoms with Gasteiger partial charge in [-0.15, -0.1) is 0 Å². The number of ether oxygens (including phenoxy) is 1. The molecule has 1 heterocycles. The smallest absolute Gasteiger partial charge is 0.335 e. The van der Waals surface area contributed by atoms with Crippen LogP contribution in [0.25, 0.3) is 0 Å². The summed E-state index contributed by atoms with van der Waals surface area (Å²) in [6.07, 6.45) is 1.55. The fourth-order valence-corrected chi connectivity index (χ4v) is 1.76. The Morgan fingerprint density at radius 2 is 2.06 bits per heavy atom. The van der Waals surface area contributed by atoms with Crippen molar-refractivity contribution < 1.29 is 19.2 Å². The normalized spacial score (nSPS) is 10.3. The molecule has 0 aliphatic carbocycles. The maximum absolute atomic E-state index is 10.9. The maximum atomic E-state index is 10.9. The summed E-state index contributed by atoms with van der Waals surface area (Å²) in [7, 11) is 0. The van der Waals surface area contributed by atoms with Crippen LogP contribution in [0.4, 0.5) is 0 Å². The Labute approximate surface area is 104 Å². The fourth-order valence-electron chi connectivity index (χ4n) is 1.76. The number of aryl methyl sites for hydroxylation is 2.